The zero-order chi connectivity index (χ0) is 15.6. The third kappa shape index (κ3) is 3.30. The van der Waals surface area contributed by atoms with Crippen LogP contribution in [-0.4, -0.2) is 25.8 Å². The molecule has 0 unspecified atom stereocenters. The number of piperidine rings is 1. The van der Waals surface area contributed by atoms with Crippen LogP contribution >= 0.6 is 11.6 Å². The number of halogens is 1. The Kier molecular flexibility index (Phi) is 5.38. The molecular formula is C15H24ClNO3S. The van der Waals surface area contributed by atoms with E-state index in [0.717, 1.165) is 19.3 Å². The minimum absolute atomic E-state index is 0.157. The fraction of sp³-hybridized carbons (Fsp3) is 0.733. The molecule has 0 N–H and O–H groups in total. The van der Waals surface area contributed by atoms with E-state index in [2.05, 4.69) is 6.92 Å². The van der Waals surface area contributed by atoms with E-state index in [1.165, 1.54) is 6.42 Å². The molecule has 1 aliphatic heterocycles. The van der Waals surface area contributed by atoms with Crippen molar-refractivity contribution in [3.63, 3.8) is 0 Å². The van der Waals surface area contributed by atoms with Crippen molar-refractivity contribution in [3.8, 4) is 0 Å². The van der Waals surface area contributed by atoms with E-state index in [-0.39, 0.29) is 10.8 Å². The molecule has 0 aliphatic carbocycles. The maximum absolute atomic E-state index is 12.9. The number of hydrogen-bond donors (Lipinski definition) is 0. The third-order valence-electron chi connectivity index (χ3n) is 4.33. The summed E-state index contributed by atoms with van der Waals surface area (Å²) in [6.07, 6.45) is 4.23. The topological polar surface area (TPSA) is 50.5 Å². The van der Waals surface area contributed by atoms with Gasteiger partial charge in [-0.1, -0.05) is 19.8 Å². The number of sulfonamides is 1. The summed E-state index contributed by atoms with van der Waals surface area (Å²) in [4.78, 5) is 0.281. The highest BCUT2D eigenvalue weighted by Crippen LogP contribution is 2.33. The van der Waals surface area contributed by atoms with Crippen molar-refractivity contribution >= 4 is 21.6 Å². The second kappa shape index (κ2) is 6.71. The number of hydrogen-bond acceptors (Lipinski definition) is 3. The van der Waals surface area contributed by atoms with Gasteiger partial charge in [0.15, 0.2) is 0 Å². The first kappa shape index (κ1) is 16.8. The smallest absolute Gasteiger partial charge is 0.246 e. The van der Waals surface area contributed by atoms with Gasteiger partial charge in [0.2, 0.25) is 10.0 Å². The highest BCUT2D eigenvalue weighted by atomic mass is 35.5. The minimum Gasteiger partial charge on any atom is -0.465 e. The number of aryl methyl sites for hydroxylation is 2. The van der Waals surface area contributed by atoms with Crippen molar-refractivity contribution < 1.29 is 12.8 Å². The van der Waals surface area contributed by atoms with Crippen LogP contribution in [0.2, 0.25) is 0 Å². The molecule has 1 aromatic heterocycles. The highest BCUT2D eigenvalue weighted by molar-refractivity contribution is 7.89. The first-order chi connectivity index (χ1) is 9.91. The Labute approximate surface area is 132 Å². The molecule has 21 heavy (non-hydrogen) atoms. The standard InChI is InChI=1S/C15H24ClNO3S/c1-4-5-13-6-8-17(9-7-13)21(18,19)15-12(3)20-11(2)14(15)10-16/h13H,4-10H2,1-3H3. The van der Waals surface area contributed by atoms with E-state index < -0.39 is 10.0 Å². The van der Waals surface area contributed by atoms with Crippen molar-refractivity contribution in [2.45, 2.75) is 57.2 Å². The summed E-state index contributed by atoms with van der Waals surface area (Å²) in [7, 11) is -3.50. The van der Waals surface area contributed by atoms with Crippen LogP contribution in [0, 0.1) is 19.8 Å². The summed E-state index contributed by atoms with van der Waals surface area (Å²) in [5.41, 5.74) is 0.602. The lowest BCUT2D eigenvalue weighted by Crippen LogP contribution is -2.38. The van der Waals surface area contributed by atoms with Crippen molar-refractivity contribution in [1.29, 1.82) is 0 Å². The zero-order valence-corrected chi connectivity index (χ0v) is 14.6. The average molecular weight is 334 g/mol. The molecule has 1 aromatic rings. The number of alkyl halides is 1. The number of furan rings is 1. The lowest BCUT2D eigenvalue weighted by atomic mass is 9.94. The van der Waals surface area contributed by atoms with Crippen molar-refractivity contribution in [2.24, 2.45) is 5.92 Å². The van der Waals surface area contributed by atoms with Crippen LogP contribution in [0.25, 0.3) is 0 Å². The van der Waals surface area contributed by atoms with E-state index in [1.807, 2.05) is 0 Å². The second-order valence-corrected chi connectivity index (χ2v) is 7.93. The molecule has 2 rings (SSSR count). The van der Waals surface area contributed by atoms with E-state index in [1.54, 1.807) is 18.2 Å². The second-order valence-electron chi connectivity index (χ2n) is 5.79. The molecule has 1 fully saturated rings. The number of rotatable bonds is 5. The normalized spacial score (nSPS) is 18.3. The molecule has 6 heteroatoms. The van der Waals surface area contributed by atoms with Crippen LogP contribution in [0.5, 0.6) is 0 Å². The van der Waals surface area contributed by atoms with Crippen LogP contribution in [0.15, 0.2) is 9.31 Å². The molecule has 1 aliphatic rings. The summed E-state index contributed by atoms with van der Waals surface area (Å²) < 4.78 is 32.8. The summed E-state index contributed by atoms with van der Waals surface area (Å²) in [6.45, 7) is 6.82. The molecule has 0 spiro atoms. The van der Waals surface area contributed by atoms with Crippen LogP contribution < -0.4 is 0 Å². The predicted octanol–water partition coefficient (Wildman–Crippen LogP) is 3.84. The molecule has 0 saturated carbocycles. The van der Waals surface area contributed by atoms with Gasteiger partial charge in [0.05, 0.1) is 5.88 Å². The van der Waals surface area contributed by atoms with Gasteiger partial charge in [-0.25, -0.2) is 8.42 Å². The highest BCUT2D eigenvalue weighted by Gasteiger charge is 2.34. The molecule has 2 heterocycles. The van der Waals surface area contributed by atoms with Crippen LogP contribution in [-0.2, 0) is 15.9 Å². The molecule has 0 aromatic carbocycles. The maximum atomic E-state index is 12.9. The van der Waals surface area contributed by atoms with Gasteiger partial charge in [0.1, 0.15) is 16.4 Å². The van der Waals surface area contributed by atoms with Crippen molar-refractivity contribution in [2.75, 3.05) is 13.1 Å². The van der Waals surface area contributed by atoms with Crippen molar-refractivity contribution in [1.82, 2.24) is 4.31 Å². The Hall–Kier alpha value is -0.520. The summed E-state index contributed by atoms with van der Waals surface area (Å²) in [5.74, 6) is 1.85. The van der Waals surface area contributed by atoms with E-state index in [9.17, 15) is 8.42 Å². The predicted molar refractivity (Wildman–Crippen MR) is 84.1 cm³/mol. The third-order valence-corrected chi connectivity index (χ3v) is 6.69. The van der Waals surface area contributed by atoms with Gasteiger partial charge >= 0.3 is 0 Å². The molecule has 0 radical (unpaired) electrons. The summed E-state index contributed by atoms with van der Waals surface area (Å²) >= 11 is 5.92. The average Bonchev–Trinajstić information content (AvgIpc) is 2.74. The van der Waals surface area contributed by atoms with E-state index >= 15 is 0 Å². The van der Waals surface area contributed by atoms with Crippen molar-refractivity contribution in [3.05, 3.63) is 17.1 Å². The lowest BCUT2D eigenvalue weighted by Gasteiger charge is -2.31. The molecule has 120 valence electrons. The van der Waals surface area contributed by atoms with Gasteiger partial charge in [-0.15, -0.1) is 11.6 Å². The number of nitrogens with zero attached hydrogens (tertiary/aromatic N) is 1. The van der Waals surface area contributed by atoms with Gasteiger partial charge in [-0.2, -0.15) is 4.31 Å². The SMILES string of the molecule is CCCC1CCN(S(=O)(=O)c2c(C)oc(C)c2CCl)CC1. The Morgan fingerprint density at radius 1 is 1.24 bits per heavy atom. The summed E-state index contributed by atoms with van der Waals surface area (Å²) in [5, 5.41) is 0. The van der Waals surface area contributed by atoms with Gasteiger partial charge in [-0.3, -0.25) is 0 Å². The molecular weight excluding hydrogens is 310 g/mol. The van der Waals surface area contributed by atoms with Gasteiger partial charge in [0.25, 0.3) is 0 Å². The van der Waals surface area contributed by atoms with Gasteiger partial charge in [0, 0.05) is 18.7 Å². The maximum Gasteiger partial charge on any atom is 0.246 e. The molecule has 0 atom stereocenters. The molecule has 0 amide bonds. The largest absolute Gasteiger partial charge is 0.465 e. The minimum atomic E-state index is -3.50. The Balaban J connectivity index is 2.24. The Morgan fingerprint density at radius 2 is 1.86 bits per heavy atom. The fourth-order valence-electron chi connectivity index (χ4n) is 3.18. The van der Waals surface area contributed by atoms with Crippen LogP contribution in [0.4, 0.5) is 0 Å². The first-order valence-electron chi connectivity index (χ1n) is 7.56. The molecule has 0 bridgehead atoms. The Morgan fingerprint density at radius 3 is 2.38 bits per heavy atom. The first-order valence-corrected chi connectivity index (χ1v) is 9.54. The zero-order valence-electron chi connectivity index (χ0n) is 13.0. The van der Waals surface area contributed by atoms with Crippen LogP contribution in [0.3, 0.4) is 0 Å². The quantitative estimate of drug-likeness (QED) is 0.769. The fourth-order valence-corrected chi connectivity index (χ4v) is 5.46. The Bertz CT molecular complexity index is 586. The van der Waals surface area contributed by atoms with Crippen LogP contribution in [0.1, 0.15) is 49.7 Å². The molecule has 4 nitrogen and oxygen atoms in total. The van der Waals surface area contributed by atoms with Gasteiger partial charge in [-0.05, 0) is 32.6 Å². The van der Waals surface area contributed by atoms with Gasteiger partial charge < -0.3 is 4.42 Å². The van der Waals surface area contributed by atoms with E-state index in [0.29, 0.717) is 36.1 Å². The monoisotopic (exact) mass is 333 g/mol. The molecule has 1 saturated heterocycles. The van der Waals surface area contributed by atoms with E-state index in [4.69, 9.17) is 16.0 Å². The lowest BCUT2D eigenvalue weighted by molar-refractivity contribution is 0.262. The summed E-state index contributed by atoms with van der Waals surface area (Å²) in [6, 6.07) is 0.